The Balaban J connectivity index is 1.84. The second kappa shape index (κ2) is 4.35. The number of benzene rings is 1. The lowest BCUT2D eigenvalue weighted by molar-refractivity contribution is -0.137. The average molecular weight is 283 g/mol. The summed E-state index contributed by atoms with van der Waals surface area (Å²) in [6.45, 7) is 0. The van der Waals surface area contributed by atoms with Crippen LogP contribution in [0, 0.1) is 0 Å². The highest BCUT2D eigenvalue weighted by Crippen LogP contribution is 2.44. The van der Waals surface area contributed by atoms with Gasteiger partial charge in [0.25, 0.3) is 0 Å². The van der Waals surface area contributed by atoms with E-state index in [2.05, 4.69) is 0 Å². The van der Waals surface area contributed by atoms with Crippen LogP contribution in [0.4, 0.5) is 13.2 Å². The largest absolute Gasteiger partial charge is 0.416 e. The van der Waals surface area contributed by atoms with E-state index in [1.807, 2.05) is 12.1 Å². The number of hydrogen-bond acceptors (Lipinski definition) is 2. The smallest absolute Gasteiger partial charge is 0.327 e. The molecule has 1 nitrogen and oxygen atoms in total. The summed E-state index contributed by atoms with van der Waals surface area (Å²) >= 11 is 1.61. The molecule has 2 atom stereocenters. The Morgan fingerprint density at radius 3 is 2.21 bits per heavy atom. The predicted octanol–water partition coefficient (Wildman–Crippen LogP) is 4.25. The van der Waals surface area contributed by atoms with Crippen LogP contribution in [-0.4, -0.2) is 6.04 Å². The molecule has 100 valence electrons. The normalized spacial score (nSPS) is 22.5. The van der Waals surface area contributed by atoms with Crippen molar-refractivity contribution in [1.82, 2.24) is 0 Å². The van der Waals surface area contributed by atoms with Gasteiger partial charge >= 0.3 is 6.18 Å². The molecule has 0 amide bonds. The maximum Gasteiger partial charge on any atom is 0.416 e. The van der Waals surface area contributed by atoms with E-state index in [9.17, 15) is 13.2 Å². The third-order valence-electron chi connectivity index (χ3n) is 3.33. The van der Waals surface area contributed by atoms with E-state index in [0.717, 1.165) is 29.0 Å². The van der Waals surface area contributed by atoms with Crippen LogP contribution in [0.5, 0.6) is 0 Å². The van der Waals surface area contributed by atoms with E-state index in [1.54, 1.807) is 11.3 Å². The summed E-state index contributed by atoms with van der Waals surface area (Å²) in [7, 11) is 0. The molecule has 0 bridgehead atoms. The molecular formula is C14H12F3NS. The summed E-state index contributed by atoms with van der Waals surface area (Å²) in [5.41, 5.74) is 6.00. The van der Waals surface area contributed by atoms with Crippen molar-refractivity contribution in [2.45, 2.75) is 24.6 Å². The van der Waals surface area contributed by atoms with Crippen molar-refractivity contribution in [2.24, 2.45) is 5.73 Å². The molecule has 1 aliphatic carbocycles. The highest BCUT2D eigenvalue weighted by Gasteiger charge is 2.36. The first kappa shape index (κ1) is 12.7. The van der Waals surface area contributed by atoms with Gasteiger partial charge in [-0.25, -0.2) is 0 Å². The molecule has 0 aliphatic heterocycles. The lowest BCUT2D eigenvalue weighted by atomic mass is 10.1. The van der Waals surface area contributed by atoms with Crippen molar-refractivity contribution in [2.75, 3.05) is 0 Å². The SMILES string of the molecule is NC1CC1c1ccc(-c2ccc(C(F)(F)F)cc2)s1. The van der Waals surface area contributed by atoms with Crippen LogP contribution in [-0.2, 0) is 6.18 Å². The molecule has 3 rings (SSSR count). The van der Waals surface area contributed by atoms with Crippen LogP contribution >= 0.6 is 11.3 Å². The molecule has 2 N–H and O–H groups in total. The first-order valence-corrected chi connectivity index (χ1v) is 6.80. The summed E-state index contributed by atoms with van der Waals surface area (Å²) in [6, 6.07) is 9.51. The maximum absolute atomic E-state index is 12.5. The van der Waals surface area contributed by atoms with E-state index < -0.39 is 11.7 Å². The lowest BCUT2D eigenvalue weighted by Gasteiger charge is -2.06. The van der Waals surface area contributed by atoms with Gasteiger partial charge in [-0.1, -0.05) is 12.1 Å². The molecule has 1 aromatic carbocycles. The number of halogens is 3. The van der Waals surface area contributed by atoms with Crippen molar-refractivity contribution < 1.29 is 13.2 Å². The number of nitrogens with two attached hydrogens (primary N) is 1. The molecule has 2 aromatic rings. The second-order valence-electron chi connectivity index (χ2n) is 4.78. The van der Waals surface area contributed by atoms with Gasteiger partial charge in [0.2, 0.25) is 0 Å². The molecule has 0 saturated heterocycles. The van der Waals surface area contributed by atoms with Crippen LogP contribution in [0.3, 0.4) is 0 Å². The van der Waals surface area contributed by atoms with Crippen molar-refractivity contribution in [3.63, 3.8) is 0 Å². The number of hydrogen-bond donors (Lipinski definition) is 1. The Bertz CT molecular complexity index is 585. The fourth-order valence-electron chi connectivity index (χ4n) is 2.07. The van der Waals surface area contributed by atoms with Crippen molar-refractivity contribution >= 4 is 11.3 Å². The van der Waals surface area contributed by atoms with Crippen molar-refractivity contribution in [3.8, 4) is 10.4 Å². The molecule has 1 heterocycles. The Morgan fingerprint density at radius 1 is 1.05 bits per heavy atom. The Hall–Kier alpha value is -1.33. The van der Waals surface area contributed by atoms with E-state index in [4.69, 9.17) is 5.73 Å². The Morgan fingerprint density at radius 2 is 1.68 bits per heavy atom. The summed E-state index contributed by atoms with van der Waals surface area (Å²) in [5.74, 6) is 0.438. The van der Waals surface area contributed by atoms with Gasteiger partial charge in [-0.2, -0.15) is 13.2 Å². The third kappa shape index (κ3) is 2.53. The van der Waals surface area contributed by atoms with Gasteiger partial charge in [0.1, 0.15) is 0 Å². The van der Waals surface area contributed by atoms with Gasteiger partial charge in [0.15, 0.2) is 0 Å². The van der Waals surface area contributed by atoms with Gasteiger partial charge in [0, 0.05) is 21.7 Å². The van der Waals surface area contributed by atoms with Gasteiger partial charge in [0.05, 0.1) is 5.56 Å². The zero-order valence-corrected chi connectivity index (χ0v) is 10.8. The fourth-order valence-corrected chi connectivity index (χ4v) is 3.27. The van der Waals surface area contributed by atoms with E-state index in [1.165, 1.54) is 17.0 Å². The van der Waals surface area contributed by atoms with E-state index in [0.29, 0.717) is 5.92 Å². The summed E-state index contributed by atoms with van der Waals surface area (Å²) in [6.07, 6.45) is -3.27. The predicted molar refractivity (Wildman–Crippen MR) is 70.1 cm³/mol. The first-order chi connectivity index (χ1) is 8.95. The van der Waals surface area contributed by atoms with Gasteiger partial charge < -0.3 is 5.73 Å². The zero-order chi connectivity index (χ0) is 13.6. The molecule has 1 aromatic heterocycles. The fraction of sp³-hybridized carbons (Fsp3) is 0.286. The molecular weight excluding hydrogens is 271 g/mol. The minimum atomic E-state index is -4.28. The van der Waals surface area contributed by atoms with Gasteiger partial charge in [-0.15, -0.1) is 11.3 Å². The molecule has 0 spiro atoms. The second-order valence-corrected chi connectivity index (χ2v) is 5.90. The number of thiophene rings is 1. The van der Waals surface area contributed by atoms with Crippen molar-refractivity contribution in [3.05, 3.63) is 46.8 Å². The van der Waals surface area contributed by atoms with Gasteiger partial charge in [-0.05, 0) is 36.2 Å². The molecule has 1 saturated carbocycles. The van der Waals surface area contributed by atoms with Gasteiger partial charge in [-0.3, -0.25) is 0 Å². The highest BCUT2D eigenvalue weighted by molar-refractivity contribution is 7.15. The van der Waals surface area contributed by atoms with Crippen LogP contribution in [0.15, 0.2) is 36.4 Å². The molecule has 0 radical (unpaired) electrons. The zero-order valence-electron chi connectivity index (χ0n) is 9.95. The van der Waals surface area contributed by atoms with Crippen LogP contribution in [0.1, 0.15) is 22.8 Å². The number of rotatable bonds is 2. The molecule has 19 heavy (non-hydrogen) atoms. The molecule has 2 unspecified atom stereocenters. The first-order valence-electron chi connectivity index (χ1n) is 5.98. The molecule has 1 aliphatic rings. The summed E-state index contributed by atoms with van der Waals surface area (Å²) in [4.78, 5) is 2.21. The average Bonchev–Trinajstić information content (AvgIpc) is 2.91. The highest BCUT2D eigenvalue weighted by atomic mass is 32.1. The van der Waals surface area contributed by atoms with Crippen LogP contribution in [0.2, 0.25) is 0 Å². The quantitative estimate of drug-likeness (QED) is 0.876. The maximum atomic E-state index is 12.5. The summed E-state index contributed by atoms with van der Waals surface area (Å²) in [5, 5.41) is 0. The standard InChI is InChI=1S/C14H12F3NS/c15-14(16,17)9-3-1-8(2-4-9)12-5-6-13(19-12)10-7-11(10)18/h1-6,10-11H,7,18H2. The van der Waals surface area contributed by atoms with Crippen LogP contribution < -0.4 is 5.73 Å². The Labute approximate surface area is 112 Å². The van der Waals surface area contributed by atoms with E-state index in [-0.39, 0.29) is 6.04 Å². The van der Waals surface area contributed by atoms with Crippen molar-refractivity contribution in [1.29, 1.82) is 0 Å². The molecule has 1 fully saturated rings. The molecule has 5 heteroatoms. The minimum Gasteiger partial charge on any atom is -0.327 e. The van der Waals surface area contributed by atoms with Crippen LogP contribution in [0.25, 0.3) is 10.4 Å². The monoisotopic (exact) mass is 283 g/mol. The minimum absolute atomic E-state index is 0.249. The van der Waals surface area contributed by atoms with E-state index >= 15 is 0 Å². The lowest BCUT2D eigenvalue weighted by Crippen LogP contribution is -2.03. The topological polar surface area (TPSA) is 26.0 Å². The third-order valence-corrected chi connectivity index (χ3v) is 4.60. The summed E-state index contributed by atoms with van der Waals surface area (Å²) < 4.78 is 37.4. The number of alkyl halides is 3. The Kier molecular flexibility index (Phi) is 2.91.